The predicted octanol–water partition coefficient (Wildman–Crippen LogP) is 2.46. The molecule has 1 rings (SSSR count). The zero-order valence-corrected chi connectivity index (χ0v) is 9.91. The van der Waals surface area contributed by atoms with Crippen molar-refractivity contribution in [3.05, 3.63) is 0 Å². The molecule has 0 aromatic heterocycles. The minimum absolute atomic E-state index is 0.0761. The standard InChI is InChI=1S/C9H17IO2/c1-7(2)8(6-10)5-9-11-3-4-12-9/h7-9H,3-6H2,1-2H3. The Hall–Kier alpha value is 0.650. The molecule has 0 aromatic rings. The van der Waals surface area contributed by atoms with E-state index in [-0.39, 0.29) is 6.29 Å². The Morgan fingerprint density at radius 3 is 2.33 bits per heavy atom. The highest BCUT2D eigenvalue weighted by atomic mass is 127. The van der Waals surface area contributed by atoms with E-state index in [2.05, 4.69) is 36.4 Å². The topological polar surface area (TPSA) is 18.5 Å². The second-order valence-corrected chi connectivity index (χ2v) is 4.45. The van der Waals surface area contributed by atoms with Gasteiger partial charge >= 0.3 is 0 Å². The Bertz CT molecular complexity index is 122. The maximum atomic E-state index is 5.41. The molecule has 0 bridgehead atoms. The second kappa shape index (κ2) is 5.40. The molecular weight excluding hydrogens is 267 g/mol. The third-order valence-corrected chi connectivity index (χ3v) is 3.46. The van der Waals surface area contributed by atoms with Crippen LogP contribution in [0.1, 0.15) is 20.3 Å². The molecule has 1 fully saturated rings. The molecular formula is C9H17IO2. The van der Waals surface area contributed by atoms with Gasteiger partial charge in [0.05, 0.1) is 13.2 Å². The third-order valence-electron chi connectivity index (χ3n) is 2.33. The fourth-order valence-electron chi connectivity index (χ4n) is 1.30. The largest absolute Gasteiger partial charge is 0.350 e. The lowest BCUT2D eigenvalue weighted by atomic mass is 9.94. The molecule has 1 aliphatic heterocycles. The van der Waals surface area contributed by atoms with Crippen molar-refractivity contribution >= 4 is 22.6 Å². The van der Waals surface area contributed by atoms with Gasteiger partial charge in [0.15, 0.2) is 6.29 Å². The van der Waals surface area contributed by atoms with Gasteiger partial charge in [0.1, 0.15) is 0 Å². The van der Waals surface area contributed by atoms with Crippen LogP contribution in [0.25, 0.3) is 0 Å². The van der Waals surface area contributed by atoms with Crippen LogP contribution in [0.3, 0.4) is 0 Å². The summed E-state index contributed by atoms with van der Waals surface area (Å²) in [5.41, 5.74) is 0. The Kier molecular flexibility index (Phi) is 4.82. The minimum Gasteiger partial charge on any atom is -0.350 e. The van der Waals surface area contributed by atoms with E-state index in [9.17, 15) is 0 Å². The first kappa shape index (κ1) is 10.7. The summed E-state index contributed by atoms with van der Waals surface area (Å²) in [6.45, 7) is 6.07. The Balaban J connectivity index is 2.26. The Morgan fingerprint density at radius 1 is 1.33 bits per heavy atom. The van der Waals surface area contributed by atoms with E-state index in [4.69, 9.17) is 9.47 Å². The van der Waals surface area contributed by atoms with Gasteiger partial charge in [0, 0.05) is 10.8 Å². The second-order valence-electron chi connectivity index (χ2n) is 3.57. The van der Waals surface area contributed by atoms with Crippen molar-refractivity contribution in [3.8, 4) is 0 Å². The number of halogens is 1. The molecule has 0 saturated carbocycles. The van der Waals surface area contributed by atoms with E-state index in [1.54, 1.807) is 0 Å². The van der Waals surface area contributed by atoms with E-state index in [0.29, 0.717) is 0 Å². The summed E-state index contributed by atoms with van der Waals surface area (Å²) in [5.74, 6) is 1.46. The highest BCUT2D eigenvalue weighted by Gasteiger charge is 2.22. The van der Waals surface area contributed by atoms with E-state index < -0.39 is 0 Å². The van der Waals surface area contributed by atoms with Crippen LogP contribution in [0, 0.1) is 11.8 Å². The minimum atomic E-state index is 0.0761. The highest BCUT2D eigenvalue weighted by molar-refractivity contribution is 14.1. The molecule has 1 unspecified atom stereocenters. The fourth-order valence-corrected chi connectivity index (χ4v) is 2.68. The van der Waals surface area contributed by atoms with Gasteiger partial charge in [-0.1, -0.05) is 36.4 Å². The monoisotopic (exact) mass is 284 g/mol. The maximum Gasteiger partial charge on any atom is 0.158 e. The van der Waals surface area contributed by atoms with Crippen LogP contribution in [0.4, 0.5) is 0 Å². The Labute approximate surface area is 88.1 Å². The summed E-state index contributed by atoms with van der Waals surface area (Å²) in [7, 11) is 0. The molecule has 1 atom stereocenters. The molecule has 0 amide bonds. The van der Waals surface area contributed by atoms with Crippen LogP contribution in [0.5, 0.6) is 0 Å². The van der Waals surface area contributed by atoms with E-state index in [1.807, 2.05) is 0 Å². The van der Waals surface area contributed by atoms with Crippen molar-refractivity contribution in [3.63, 3.8) is 0 Å². The summed E-state index contributed by atoms with van der Waals surface area (Å²) in [4.78, 5) is 0. The first-order chi connectivity index (χ1) is 5.74. The van der Waals surface area contributed by atoms with Gasteiger partial charge in [-0.15, -0.1) is 0 Å². The average Bonchev–Trinajstić information content (AvgIpc) is 2.51. The molecule has 3 heteroatoms. The molecule has 0 radical (unpaired) electrons. The van der Waals surface area contributed by atoms with Gasteiger partial charge in [-0.3, -0.25) is 0 Å². The smallest absolute Gasteiger partial charge is 0.158 e. The van der Waals surface area contributed by atoms with Gasteiger partial charge in [-0.2, -0.15) is 0 Å². The van der Waals surface area contributed by atoms with Gasteiger partial charge < -0.3 is 9.47 Å². The molecule has 0 N–H and O–H groups in total. The molecule has 12 heavy (non-hydrogen) atoms. The summed E-state index contributed by atoms with van der Waals surface area (Å²) in [5, 5.41) is 0. The SMILES string of the molecule is CC(C)C(CI)CC1OCCO1. The molecule has 0 aromatic carbocycles. The van der Waals surface area contributed by atoms with Crippen molar-refractivity contribution in [2.75, 3.05) is 17.6 Å². The van der Waals surface area contributed by atoms with Gasteiger partial charge in [-0.05, 0) is 11.8 Å². The van der Waals surface area contributed by atoms with Crippen molar-refractivity contribution in [1.82, 2.24) is 0 Å². The molecule has 1 heterocycles. The summed E-state index contributed by atoms with van der Waals surface area (Å²) < 4.78 is 12.0. The maximum absolute atomic E-state index is 5.41. The Morgan fingerprint density at radius 2 is 1.92 bits per heavy atom. The molecule has 1 saturated heterocycles. The third kappa shape index (κ3) is 3.18. The first-order valence-corrected chi connectivity index (χ1v) is 6.05. The first-order valence-electron chi connectivity index (χ1n) is 4.53. The van der Waals surface area contributed by atoms with Crippen LogP contribution >= 0.6 is 22.6 Å². The number of rotatable bonds is 4. The van der Waals surface area contributed by atoms with Gasteiger partial charge in [0.25, 0.3) is 0 Å². The zero-order valence-electron chi connectivity index (χ0n) is 7.75. The lowest BCUT2D eigenvalue weighted by Crippen LogP contribution is -2.19. The molecule has 0 aliphatic carbocycles. The van der Waals surface area contributed by atoms with E-state index in [1.165, 1.54) is 4.43 Å². The van der Waals surface area contributed by atoms with Crippen molar-refractivity contribution in [2.24, 2.45) is 11.8 Å². The number of alkyl halides is 1. The van der Waals surface area contributed by atoms with Crippen LogP contribution in [0.2, 0.25) is 0 Å². The van der Waals surface area contributed by atoms with Crippen LogP contribution in [-0.2, 0) is 9.47 Å². The van der Waals surface area contributed by atoms with Crippen molar-refractivity contribution in [1.29, 1.82) is 0 Å². The van der Waals surface area contributed by atoms with Crippen molar-refractivity contribution < 1.29 is 9.47 Å². The molecule has 72 valence electrons. The average molecular weight is 284 g/mol. The molecule has 1 aliphatic rings. The van der Waals surface area contributed by atoms with Crippen LogP contribution in [0.15, 0.2) is 0 Å². The van der Waals surface area contributed by atoms with Crippen LogP contribution in [-0.4, -0.2) is 23.9 Å². The number of hydrogen-bond acceptors (Lipinski definition) is 2. The molecule has 2 nitrogen and oxygen atoms in total. The summed E-state index contributed by atoms with van der Waals surface area (Å²) in [6, 6.07) is 0. The quantitative estimate of drug-likeness (QED) is 0.583. The number of ether oxygens (including phenoxy) is 2. The van der Waals surface area contributed by atoms with Gasteiger partial charge in [0.2, 0.25) is 0 Å². The number of hydrogen-bond donors (Lipinski definition) is 0. The highest BCUT2D eigenvalue weighted by Crippen LogP contribution is 2.23. The zero-order chi connectivity index (χ0) is 8.97. The van der Waals surface area contributed by atoms with Gasteiger partial charge in [-0.25, -0.2) is 0 Å². The normalized spacial score (nSPS) is 22.0. The molecule has 0 spiro atoms. The fraction of sp³-hybridized carbons (Fsp3) is 1.00. The summed E-state index contributed by atoms with van der Waals surface area (Å²) >= 11 is 2.44. The van der Waals surface area contributed by atoms with Crippen molar-refractivity contribution in [2.45, 2.75) is 26.6 Å². The van der Waals surface area contributed by atoms with E-state index >= 15 is 0 Å². The summed E-state index contributed by atoms with van der Waals surface area (Å²) in [6.07, 6.45) is 1.13. The van der Waals surface area contributed by atoms with E-state index in [0.717, 1.165) is 31.5 Å². The lowest BCUT2D eigenvalue weighted by Gasteiger charge is -2.20. The predicted molar refractivity (Wildman–Crippen MR) is 57.5 cm³/mol. The van der Waals surface area contributed by atoms with Crippen LogP contribution < -0.4 is 0 Å². The lowest BCUT2D eigenvalue weighted by molar-refractivity contribution is -0.0582.